The maximum atomic E-state index is 11.9. The van der Waals surface area contributed by atoms with Crippen molar-refractivity contribution in [2.75, 3.05) is 6.61 Å². The number of carbonyl (C=O) groups is 3. The van der Waals surface area contributed by atoms with E-state index in [1.807, 2.05) is 51.1 Å². The Kier molecular flexibility index (Phi) is 6.94. The van der Waals surface area contributed by atoms with Crippen LogP contribution in [0, 0.1) is 5.41 Å². The van der Waals surface area contributed by atoms with Crippen LogP contribution < -0.4 is 5.32 Å². The molecule has 0 aliphatic rings. The minimum Gasteiger partial charge on any atom is -0.456 e. The summed E-state index contributed by atoms with van der Waals surface area (Å²) in [6.07, 6.45) is 0.651. The predicted octanol–water partition coefficient (Wildman–Crippen LogP) is 2.28. The zero-order valence-corrected chi connectivity index (χ0v) is 14.2. The standard InChI is InChI=1S/C18H25NO4/c1-13(20)15(10-14-8-6-5-7-9-14)19-16(21)12-23-17(22)11-18(2,3)4/h5-9,15H,10-12H2,1-4H3,(H,19,21)/t15-/m0/s1. The van der Waals surface area contributed by atoms with Crippen molar-refractivity contribution < 1.29 is 19.1 Å². The molecule has 0 radical (unpaired) electrons. The summed E-state index contributed by atoms with van der Waals surface area (Å²) in [5, 5.41) is 2.62. The number of nitrogens with one attached hydrogen (secondary N) is 1. The van der Waals surface area contributed by atoms with Gasteiger partial charge in [0.2, 0.25) is 0 Å². The van der Waals surface area contributed by atoms with Crippen molar-refractivity contribution >= 4 is 17.7 Å². The fourth-order valence-corrected chi connectivity index (χ4v) is 2.01. The number of Topliss-reactive ketones (excluding diaryl/α,β-unsaturated/α-hetero) is 1. The Morgan fingerprint density at radius 2 is 1.74 bits per heavy atom. The number of hydrogen-bond donors (Lipinski definition) is 1. The number of amides is 1. The molecule has 0 aliphatic carbocycles. The number of hydrogen-bond acceptors (Lipinski definition) is 4. The SMILES string of the molecule is CC(=O)[C@H](Cc1ccccc1)NC(=O)COC(=O)CC(C)(C)C. The van der Waals surface area contributed by atoms with Crippen molar-refractivity contribution in [3.63, 3.8) is 0 Å². The molecule has 1 aromatic carbocycles. The second-order valence-corrected chi connectivity index (χ2v) is 6.82. The molecule has 5 nitrogen and oxygen atoms in total. The first-order chi connectivity index (χ1) is 10.7. The van der Waals surface area contributed by atoms with Gasteiger partial charge in [0.15, 0.2) is 12.4 Å². The van der Waals surface area contributed by atoms with E-state index in [1.54, 1.807) is 0 Å². The maximum Gasteiger partial charge on any atom is 0.306 e. The molecule has 0 saturated heterocycles. The van der Waals surface area contributed by atoms with Gasteiger partial charge < -0.3 is 10.1 Å². The average Bonchev–Trinajstić information content (AvgIpc) is 2.43. The smallest absolute Gasteiger partial charge is 0.306 e. The molecule has 1 rings (SSSR count). The minimum absolute atomic E-state index is 0.136. The molecule has 5 heteroatoms. The topological polar surface area (TPSA) is 72.5 Å². The van der Waals surface area contributed by atoms with Gasteiger partial charge in [-0.25, -0.2) is 0 Å². The van der Waals surface area contributed by atoms with E-state index in [0.717, 1.165) is 5.56 Å². The summed E-state index contributed by atoms with van der Waals surface area (Å²) in [6, 6.07) is 8.81. The summed E-state index contributed by atoms with van der Waals surface area (Å²) in [5.41, 5.74) is 0.765. The Labute approximate surface area is 137 Å². The lowest BCUT2D eigenvalue weighted by Gasteiger charge is -2.18. The monoisotopic (exact) mass is 319 g/mol. The maximum absolute atomic E-state index is 11.9. The van der Waals surface area contributed by atoms with E-state index in [0.29, 0.717) is 6.42 Å². The van der Waals surface area contributed by atoms with E-state index in [4.69, 9.17) is 4.74 Å². The Morgan fingerprint density at radius 1 is 1.13 bits per heavy atom. The third-order valence-corrected chi connectivity index (χ3v) is 3.15. The van der Waals surface area contributed by atoms with Gasteiger partial charge in [0.05, 0.1) is 12.5 Å². The van der Waals surface area contributed by atoms with Crippen LogP contribution >= 0.6 is 0 Å². The second kappa shape index (κ2) is 8.46. The molecule has 126 valence electrons. The molecule has 1 atom stereocenters. The first-order valence-corrected chi connectivity index (χ1v) is 7.67. The van der Waals surface area contributed by atoms with E-state index in [1.165, 1.54) is 6.92 Å². The van der Waals surface area contributed by atoms with Gasteiger partial charge in [-0.05, 0) is 24.3 Å². The van der Waals surface area contributed by atoms with Crippen LogP contribution in [0.5, 0.6) is 0 Å². The van der Waals surface area contributed by atoms with Gasteiger partial charge in [0, 0.05) is 0 Å². The molecule has 0 saturated carbocycles. The predicted molar refractivity (Wildman–Crippen MR) is 87.8 cm³/mol. The lowest BCUT2D eigenvalue weighted by Crippen LogP contribution is -2.43. The van der Waals surface area contributed by atoms with Gasteiger partial charge in [0.1, 0.15) is 0 Å². The third-order valence-electron chi connectivity index (χ3n) is 3.15. The number of ketones is 1. The fourth-order valence-electron chi connectivity index (χ4n) is 2.01. The third kappa shape index (κ3) is 8.14. The van der Waals surface area contributed by atoms with E-state index in [2.05, 4.69) is 5.32 Å². The molecule has 1 amide bonds. The highest BCUT2D eigenvalue weighted by molar-refractivity contribution is 5.88. The molecule has 1 aromatic rings. The summed E-state index contributed by atoms with van der Waals surface area (Å²) >= 11 is 0. The molecule has 0 bridgehead atoms. The van der Waals surface area contributed by atoms with Crippen molar-refractivity contribution in [2.45, 2.75) is 46.6 Å². The summed E-state index contributed by atoms with van der Waals surface area (Å²) in [4.78, 5) is 35.2. The minimum atomic E-state index is -0.619. The molecule has 23 heavy (non-hydrogen) atoms. The van der Waals surface area contributed by atoms with E-state index < -0.39 is 17.9 Å². The molecule has 0 heterocycles. The first kappa shape index (κ1) is 18.9. The second-order valence-electron chi connectivity index (χ2n) is 6.82. The van der Waals surface area contributed by atoms with Gasteiger partial charge in [-0.1, -0.05) is 51.1 Å². The molecule has 0 unspecified atom stereocenters. The van der Waals surface area contributed by atoms with Crippen LogP contribution in [0.3, 0.4) is 0 Å². The van der Waals surface area contributed by atoms with Crippen molar-refractivity contribution in [1.29, 1.82) is 0 Å². The van der Waals surface area contributed by atoms with Gasteiger partial charge in [-0.2, -0.15) is 0 Å². The number of esters is 1. The van der Waals surface area contributed by atoms with Crippen LogP contribution in [0.25, 0.3) is 0 Å². The highest BCUT2D eigenvalue weighted by atomic mass is 16.5. The van der Waals surface area contributed by atoms with Crippen LogP contribution in [0.4, 0.5) is 0 Å². The summed E-state index contributed by atoms with van der Waals surface area (Å²) in [5.74, 6) is -1.03. The van der Waals surface area contributed by atoms with Crippen LogP contribution in [-0.4, -0.2) is 30.3 Å². The van der Waals surface area contributed by atoms with Crippen molar-refractivity contribution in [1.82, 2.24) is 5.32 Å². The van der Waals surface area contributed by atoms with E-state index in [-0.39, 0.29) is 24.2 Å². The Bertz CT molecular complexity index is 546. The quantitative estimate of drug-likeness (QED) is 0.783. The zero-order valence-electron chi connectivity index (χ0n) is 14.2. The molecule has 1 N–H and O–H groups in total. The van der Waals surface area contributed by atoms with Crippen molar-refractivity contribution in [3.05, 3.63) is 35.9 Å². The van der Waals surface area contributed by atoms with Gasteiger partial charge >= 0.3 is 5.97 Å². The summed E-state index contributed by atoms with van der Waals surface area (Å²) < 4.78 is 4.95. The fraction of sp³-hybridized carbons (Fsp3) is 0.500. The molecule has 0 spiro atoms. The van der Waals surface area contributed by atoms with E-state index in [9.17, 15) is 14.4 Å². The van der Waals surface area contributed by atoms with Crippen LogP contribution in [0.2, 0.25) is 0 Å². The molecule has 0 fully saturated rings. The molecular formula is C18H25NO4. The number of ether oxygens (including phenoxy) is 1. The summed E-state index contributed by atoms with van der Waals surface area (Å²) in [7, 11) is 0. The highest BCUT2D eigenvalue weighted by Crippen LogP contribution is 2.18. The Morgan fingerprint density at radius 3 is 2.26 bits per heavy atom. The van der Waals surface area contributed by atoms with Crippen LogP contribution in [0.15, 0.2) is 30.3 Å². The van der Waals surface area contributed by atoms with Gasteiger partial charge in [0.25, 0.3) is 5.91 Å². The number of carbonyl (C=O) groups excluding carboxylic acids is 3. The lowest BCUT2D eigenvalue weighted by molar-refractivity contribution is -0.150. The van der Waals surface area contributed by atoms with Crippen molar-refractivity contribution in [3.8, 4) is 0 Å². The first-order valence-electron chi connectivity index (χ1n) is 7.67. The Balaban J connectivity index is 2.49. The van der Waals surface area contributed by atoms with E-state index >= 15 is 0 Å². The summed E-state index contributed by atoms with van der Waals surface area (Å²) in [6.45, 7) is 6.81. The van der Waals surface area contributed by atoms with Crippen molar-refractivity contribution in [2.24, 2.45) is 5.41 Å². The normalized spacial score (nSPS) is 12.3. The van der Waals surface area contributed by atoms with Gasteiger partial charge in [-0.3, -0.25) is 14.4 Å². The van der Waals surface area contributed by atoms with Crippen LogP contribution in [0.1, 0.15) is 39.7 Å². The molecule has 0 aliphatic heterocycles. The lowest BCUT2D eigenvalue weighted by atomic mass is 9.92. The average molecular weight is 319 g/mol. The van der Waals surface area contributed by atoms with Crippen LogP contribution in [-0.2, 0) is 25.5 Å². The molecular weight excluding hydrogens is 294 g/mol. The van der Waals surface area contributed by atoms with Gasteiger partial charge in [-0.15, -0.1) is 0 Å². The number of benzene rings is 1. The highest BCUT2D eigenvalue weighted by Gasteiger charge is 2.20. The number of rotatable bonds is 7. The molecule has 0 aromatic heterocycles. The zero-order chi connectivity index (χ0) is 17.5. The Hall–Kier alpha value is -2.17. The largest absolute Gasteiger partial charge is 0.456 e.